The first-order valence-electron chi connectivity index (χ1n) is 7.03. The Bertz CT molecular complexity index is 535. The first-order valence-corrected chi connectivity index (χ1v) is 7.03. The van der Waals surface area contributed by atoms with Gasteiger partial charge in [0.2, 0.25) is 0 Å². The molecule has 4 heteroatoms. The number of aliphatic hydroxyl groups is 1. The molecule has 1 aromatic carbocycles. The number of fused-ring (bicyclic) bond motifs is 1. The number of hydrogen-bond donors (Lipinski definition) is 1. The minimum absolute atomic E-state index is 0.0239. The number of hydrogen-bond acceptors (Lipinski definition) is 3. The number of aliphatic imine (C=N–C) groups is 1. The number of carbonyl (C=O) groups excluding carboxylic acids is 1. The van der Waals surface area contributed by atoms with Crippen LogP contribution in [0, 0.1) is 0 Å². The van der Waals surface area contributed by atoms with E-state index in [-0.39, 0.29) is 17.9 Å². The van der Waals surface area contributed by atoms with E-state index in [1.165, 1.54) is 0 Å². The van der Waals surface area contributed by atoms with Crippen molar-refractivity contribution in [3.8, 4) is 0 Å². The molecule has 0 radical (unpaired) electrons. The molecule has 1 N–H and O–H groups in total. The van der Waals surface area contributed by atoms with Gasteiger partial charge < -0.3 is 10.0 Å². The maximum atomic E-state index is 12.6. The molecular formula is C16H22N2O2. The topological polar surface area (TPSA) is 52.9 Å². The molecule has 2 rings (SSSR count). The number of amides is 1. The van der Waals surface area contributed by atoms with Crippen LogP contribution in [0.5, 0.6) is 0 Å². The average molecular weight is 274 g/mol. The van der Waals surface area contributed by atoms with Crippen LogP contribution in [-0.2, 0) is 10.2 Å². The van der Waals surface area contributed by atoms with E-state index < -0.39 is 0 Å². The molecule has 0 saturated carbocycles. The SMILES string of the molecule is CN(CCCCO)C(=O)C1=Nc2ccccc2C1(C)C. The Labute approximate surface area is 120 Å². The summed E-state index contributed by atoms with van der Waals surface area (Å²) in [6, 6.07) is 7.90. The summed E-state index contributed by atoms with van der Waals surface area (Å²) in [4.78, 5) is 18.8. The molecule has 4 nitrogen and oxygen atoms in total. The molecule has 0 unspecified atom stereocenters. The van der Waals surface area contributed by atoms with Crippen LogP contribution in [0.25, 0.3) is 0 Å². The first-order chi connectivity index (χ1) is 9.48. The third kappa shape index (κ3) is 2.61. The second-order valence-corrected chi connectivity index (χ2v) is 5.76. The summed E-state index contributed by atoms with van der Waals surface area (Å²) in [5, 5.41) is 8.80. The molecule has 0 aliphatic carbocycles. The molecule has 1 aliphatic rings. The van der Waals surface area contributed by atoms with Gasteiger partial charge in [0.1, 0.15) is 5.71 Å². The van der Waals surface area contributed by atoms with Crippen LogP contribution in [0.2, 0.25) is 0 Å². The van der Waals surface area contributed by atoms with Crippen molar-refractivity contribution in [1.29, 1.82) is 0 Å². The van der Waals surface area contributed by atoms with E-state index in [2.05, 4.69) is 4.99 Å². The molecular weight excluding hydrogens is 252 g/mol. The van der Waals surface area contributed by atoms with E-state index in [0.29, 0.717) is 18.7 Å². The maximum Gasteiger partial charge on any atom is 0.268 e. The van der Waals surface area contributed by atoms with Crippen molar-refractivity contribution in [2.24, 2.45) is 4.99 Å². The van der Waals surface area contributed by atoms with E-state index in [0.717, 1.165) is 17.7 Å². The highest BCUT2D eigenvalue weighted by atomic mass is 16.3. The third-order valence-corrected chi connectivity index (χ3v) is 3.85. The van der Waals surface area contributed by atoms with E-state index >= 15 is 0 Å². The second-order valence-electron chi connectivity index (χ2n) is 5.76. The number of unbranched alkanes of at least 4 members (excludes halogenated alkanes) is 1. The van der Waals surface area contributed by atoms with Gasteiger partial charge in [0.05, 0.1) is 5.69 Å². The minimum Gasteiger partial charge on any atom is -0.396 e. The van der Waals surface area contributed by atoms with Crippen LogP contribution in [0.15, 0.2) is 29.3 Å². The molecule has 1 aliphatic heterocycles. The number of benzene rings is 1. The largest absolute Gasteiger partial charge is 0.396 e. The summed E-state index contributed by atoms with van der Waals surface area (Å²) in [5.41, 5.74) is 2.25. The van der Waals surface area contributed by atoms with Crippen LogP contribution in [0.3, 0.4) is 0 Å². The maximum absolute atomic E-state index is 12.6. The molecule has 0 fully saturated rings. The van der Waals surface area contributed by atoms with Gasteiger partial charge in [0.15, 0.2) is 0 Å². The standard InChI is InChI=1S/C16H22N2O2/c1-16(2)12-8-4-5-9-13(12)17-14(16)15(20)18(3)10-6-7-11-19/h4-5,8-9,19H,6-7,10-11H2,1-3H3. The monoisotopic (exact) mass is 274 g/mol. The van der Waals surface area contributed by atoms with E-state index in [9.17, 15) is 4.79 Å². The Hall–Kier alpha value is -1.68. The van der Waals surface area contributed by atoms with Gasteiger partial charge in [-0.05, 0) is 38.3 Å². The smallest absolute Gasteiger partial charge is 0.268 e. The van der Waals surface area contributed by atoms with E-state index in [4.69, 9.17) is 5.11 Å². The fourth-order valence-corrected chi connectivity index (χ4v) is 2.55. The lowest BCUT2D eigenvalue weighted by Gasteiger charge is -2.25. The minimum atomic E-state index is -0.348. The number of carbonyl (C=O) groups is 1. The van der Waals surface area contributed by atoms with Crippen molar-refractivity contribution < 1.29 is 9.90 Å². The molecule has 108 valence electrons. The van der Waals surface area contributed by atoms with Crippen LogP contribution in [-0.4, -0.2) is 41.8 Å². The van der Waals surface area contributed by atoms with Gasteiger partial charge in [-0.2, -0.15) is 0 Å². The van der Waals surface area contributed by atoms with E-state index in [1.807, 2.05) is 38.1 Å². The fraction of sp³-hybridized carbons (Fsp3) is 0.500. The van der Waals surface area contributed by atoms with Crippen molar-refractivity contribution in [3.63, 3.8) is 0 Å². The Morgan fingerprint density at radius 3 is 2.65 bits per heavy atom. The van der Waals surface area contributed by atoms with Crippen LogP contribution in [0.4, 0.5) is 5.69 Å². The molecule has 1 amide bonds. The highest BCUT2D eigenvalue weighted by Crippen LogP contribution is 2.39. The predicted octanol–water partition coefficient (Wildman–Crippen LogP) is 2.28. The van der Waals surface area contributed by atoms with Crippen LogP contribution in [0.1, 0.15) is 32.3 Å². The number of rotatable bonds is 5. The normalized spacial score (nSPS) is 15.7. The lowest BCUT2D eigenvalue weighted by Crippen LogP contribution is -2.41. The van der Waals surface area contributed by atoms with Gasteiger partial charge in [-0.15, -0.1) is 0 Å². The molecule has 20 heavy (non-hydrogen) atoms. The zero-order valence-electron chi connectivity index (χ0n) is 12.4. The Kier molecular flexibility index (Phi) is 4.23. The lowest BCUT2D eigenvalue weighted by atomic mass is 9.81. The van der Waals surface area contributed by atoms with Gasteiger partial charge in [0, 0.05) is 25.6 Å². The molecule has 0 spiro atoms. The fourth-order valence-electron chi connectivity index (χ4n) is 2.55. The summed E-state index contributed by atoms with van der Waals surface area (Å²) in [6.45, 7) is 4.89. The molecule has 0 saturated heterocycles. The van der Waals surface area contributed by atoms with Crippen molar-refractivity contribution in [3.05, 3.63) is 29.8 Å². The van der Waals surface area contributed by atoms with Crippen LogP contribution < -0.4 is 0 Å². The first kappa shape index (κ1) is 14.7. The predicted molar refractivity (Wildman–Crippen MR) is 80.5 cm³/mol. The third-order valence-electron chi connectivity index (χ3n) is 3.85. The summed E-state index contributed by atoms with van der Waals surface area (Å²) < 4.78 is 0. The summed E-state index contributed by atoms with van der Waals surface area (Å²) in [7, 11) is 1.79. The summed E-state index contributed by atoms with van der Waals surface area (Å²) in [6.07, 6.45) is 1.52. The molecule has 0 bridgehead atoms. The Morgan fingerprint density at radius 2 is 2.00 bits per heavy atom. The van der Waals surface area contributed by atoms with E-state index in [1.54, 1.807) is 11.9 Å². The molecule has 1 heterocycles. The zero-order valence-corrected chi connectivity index (χ0v) is 12.4. The van der Waals surface area contributed by atoms with Gasteiger partial charge in [-0.25, -0.2) is 4.99 Å². The number of nitrogens with zero attached hydrogens (tertiary/aromatic N) is 2. The van der Waals surface area contributed by atoms with Crippen molar-refractivity contribution in [2.75, 3.05) is 20.2 Å². The quantitative estimate of drug-likeness (QED) is 0.837. The summed E-state index contributed by atoms with van der Waals surface area (Å²) in [5.74, 6) is -0.0239. The highest BCUT2D eigenvalue weighted by molar-refractivity contribution is 6.43. The second kappa shape index (κ2) is 5.75. The Balaban J connectivity index is 2.16. The average Bonchev–Trinajstić information content (AvgIpc) is 2.70. The zero-order chi connectivity index (χ0) is 14.8. The molecule has 1 aromatic rings. The highest BCUT2D eigenvalue weighted by Gasteiger charge is 2.39. The molecule has 0 atom stereocenters. The van der Waals surface area contributed by atoms with Gasteiger partial charge >= 0.3 is 0 Å². The van der Waals surface area contributed by atoms with Crippen molar-refractivity contribution >= 4 is 17.3 Å². The van der Waals surface area contributed by atoms with Gasteiger partial charge in [-0.3, -0.25) is 4.79 Å². The van der Waals surface area contributed by atoms with Crippen molar-refractivity contribution in [1.82, 2.24) is 4.90 Å². The lowest BCUT2D eigenvalue weighted by molar-refractivity contribution is -0.123. The Morgan fingerprint density at radius 1 is 1.30 bits per heavy atom. The number of para-hydroxylation sites is 1. The van der Waals surface area contributed by atoms with Gasteiger partial charge in [-0.1, -0.05) is 18.2 Å². The molecule has 0 aromatic heterocycles. The van der Waals surface area contributed by atoms with Gasteiger partial charge in [0.25, 0.3) is 5.91 Å². The summed E-state index contributed by atoms with van der Waals surface area (Å²) >= 11 is 0. The van der Waals surface area contributed by atoms with Crippen LogP contribution >= 0.6 is 0 Å². The van der Waals surface area contributed by atoms with Crippen molar-refractivity contribution in [2.45, 2.75) is 32.1 Å². The number of aliphatic hydroxyl groups excluding tert-OH is 1.